The molecule has 0 bridgehead atoms. The highest BCUT2D eigenvalue weighted by molar-refractivity contribution is 9.10. The van der Waals surface area contributed by atoms with Crippen molar-refractivity contribution in [1.29, 1.82) is 0 Å². The average molecular weight is 477 g/mol. The maximum atomic E-state index is 13.0. The monoisotopic (exact) mass is 476 g/mol. The number of carbonyl (C=O) groups is 1. The van der Waals surface area contributed by atoms with Gasteiger partial charge in [-0.1, -0.05) is 15.9 Å². The molecule has 7 nitrogen and oxygen atoms in total. The van der Waals surface area contributed by atoms with Gasteiger partial charge in [0.1, 0.15) is 0 Å². The molecule has 0 N–H and O–H groups in total. The van der Waals surface area contributed by atoms with Crippen LogP contribution in [0, 0.1) is 0 Å². The van der Waals surface area contributed by atoms with E-state index in [0.717, 1.165) is 43.5 Å². The fourth-order valence-electron chi connectivity index (χ4n) is 4.74. The van der Waals surface area contributed by atoms with Crippen LogP contribution in [0.1, 0.15) is 33.1 Å². The Morgan fingerprint density at radius 3 is 2.80 bits per heavy atom. The summed E-state index contributed by atoms with van der Waals surface area (Å²) < 4.78 is 8.22. The van der Waals surface area contributed by atoms with Crippen LogP contribution in [0.3, 0.4) is 0 Å². The number of aryl methyl sites for hydroxylation is 1. The largest absolute Gasteiger partial charge is 0.373 e. The molecule has 0 aliphatic carbocycles. The first-order valence-corrected chi connectivity index (χ1v) is 11.5. The van der Waals surface area contributed by atoms with Crippen LogP contribution in [-0.2, 0) is 16.1 Å². The van der Waals surface area contributed by atoms with Crippen molar-refractivity contribution in [2.45, 2.75) is 57.9 Å². The van der Waals surface area contributed by atoms with E-state index in [-0.39, 0.29) is 29.7 Å². The zero-order chi connectivity index (χ0) is 21.3. The molecule has 3 atom stereocenters. The number of nitrogens with zero attached hydrogens (tertiary/aromatic N) is 4. The Bertz CT molecular complexity index is 968. The first-order valence-electron chi connectivity index (χ1n) is 10.7. The number of ether oxygens (including phenoxy) is 1. The number of hydrogen-bond donors (Lipinski definition) is 0. The quantitative estimate of drug-likeness (QED) is 0.663. The molecule has 0 radical (unpaired) electrons. The normalized spacial score (nSPS) is 25.2. The molecule has 1 amide bonds. The van der Waals surface area contributed by atoms with Crippen LogP contribution in [0.15, 0.2) is 33.8 Å². The van der Waals surface area contributed by atoms with Crippen molar-refractivity contribution in [1.82, 2.24) is 19.4 Å². The van der Waals surface area contributed by atoms with Crippen molar-refractivity contribution in [2.75, 3.05) is 26.2 Å². The Morgan fingerprint density at radius 2 is 2.03 bits per heavy atom. The number of rotatable bonds is 5. The summed E-state index contributed by atoms with van der Waals surface area (Å²) in [5, 5.41) is 0.564. The number of aromatic nitrogens is 2. The molecule has 0 saturated carbocycles. The highest BCUT2D eigenvalue weighted by atomic mass is 79.9. The predicted molar refractivity (Wildman–Crippen MR) is 120 cm³/mol. The molecular weight excluding hydrogens is 448 g/mol. The van der Waals surface area contributed by atoms with E-state index in [4.69, 9.17) is 4.74 Å². The highest BCUT2D eigenvalue weighted by Gasteiger charge is 2.32. The van der Waals surface area contributed by atoms with Gasteiger partial charge in [-0.2, -0.15) is 0 Å². The molecule has 3 unspecified atom stereocenters. The number of benzene rings is 1. The van der Waals surface area contributed by atoms with Crippen LogP contribution < -0.4 is 5.56 Å². The molecule has 2 aliphatic heterocycles. The average Bonchev–Trinajstić information content (AvgIpc) is 3.15. The summed E-state index contributed by atoms with van der Waals surface area (Å²) in [7, 11) is 0. The maximum absolute atomic E-state index is 13.0. The van der Waals surface area contributed by atoms with E-state index >= 15 is 0 Å². The standard InChI is InChI=1S/C22H29BrN4O3/c1-15-11-25(12-16(2)30-15)13-18-4-3-8-27(18)21(28)7-9-26-14-24-20-6-5-17(23)10-19(20)22(26)29/h5-6,10,14-16,18H,3-4,7-9,11-13H2,1-2H3. The Balaban J connectivity index is 1.39. The van der Waals surface area contributed by atoms with E-state index in [1.165, 1.54) is 0 Å². The Kier molecular flexibility index (Phi) is 6.55. The van der Waals surface area contributed by atoms with Crippen molar-refractivity contribution in [3.63, 3.8) is 0 Å². The van der Waals surface area contributed by atoms with E-state index in [2.05, 4.69) is 39.7 Å². The van der Waals surface area contributed by atoms with E-state index in [1.807, 2.05) is 17.0 Å². The van der Waals surface area contributed by atoms with Crippen LogP contribution in [0.2, 0.25) is 0 Å². The molecule has 2 fully saturated rings. The molecule has 1 aromatic heterocycles. The van der Waals surface area contributed by atoms with Crippen LogP contribution >= 0.6 is 15.9 Å². The van der Waals surface area contributed by atoms with Gasteiger partial charge in [-0.05, 0) is 44.9 Å². The third kappa shape index (κ3) is 4.76. The Hall–Kier alpha value is -1.77. The molecule has 2 aromatic rings. The zero-order valence-electron chi connectivity index (χ0n) is 17.6. The molecule has 0 spiro atoms. The smallest absolute Gasteiger partial charge is 0.261 e. The van der Waals surface area contributed by atoms with Gasteiger partial charge in [0.15, 0.2) is 0 Å². The van der Waals surface area contributed by atoms with Gasteiger partial charge in [-0.3, -0.25) is 19.1 Å². The molecule has 2 aliphatic rings. The third-order valence-corrected chi connectivity index (χ3v) is 6.51. The molecule has 8 heteroatoms. The first-order chi connectivity index (χ1) is 14.4. The van der Waals surface area contributed by atoms with Gasteiger partial charge in [0, 0.05) is 49.7 Å². The molecule has 30 heavy (non-hydrogen) atoms. The summed E-state index contributed by atoms with van der Waals surface area (Å²) in [6.45, 7) is 8.09. The minimum atomic E-state index is -0.108. The minimum Gasteiger partial charge on any atom is -0.373 e. The molecule has 3 heterocycles. The molecule has 4 rings (SSSR count). The topological polar surface area (TPSA) is 67.7 Å². The summed E-state index contributed by atoms with van der Waals surface area (Å²) >= 11 is 3.40. The summed E-state index contributed by atoms with van der Waals surface area (Å²) in [5.74, 6) is 0.119. The van der Waals surface area contributed by atoms with Crippen molar-refractivity contribution in [3.05, 3.63) is 39.4 Å². The second kappa shape index (κ2) is 9.16. The highest BCUT2D eigenvalue weighted by Crippen LogP contribution is 2.22. The maximum Gasteiger partial charge on any atom is 0.261 e. The lowest BCUT2D eigenvalue weighted by atomic mass is 10.1. The minimum absolute atomic E-state index is 0.108. The van der Waals surface area contributed by atoms with Crippen LogP contribution in [0.5, 0.6) is 0 Å². The van der Waals surface area contributed by atoms with Gasteiger partial charge in [0.05, 0.1) is 29.4 Å². The number of fused-ring (bicyclic) bond motifs is 1. The summed E-state index contributed by atoms with van der Waals surface area (Å²) in [4.78, 5) is 34.5. The lowest BCUT2D eigenvalue weighted by Gasteiger charge is -2.38. The van der Waals surface area contributed by atoms with Crippen molar-refractivity contribution in [2.24, 2.45) is 0 Å². The van der Waals surface area contributed by atoms with E-state index < -0.39 is 0 Å². The number of likely N-dealkylation sites (tertiary alicyclic amines) is 1. The number of amides is 1. The SMILES string of the molecule is CC1CN(CC2CCCN2C(=O)CCn2cnc3ccc(Br)cc3c2=O)CC(C)O1. The van der Waals surface area contributed by atoms with Crippen LogP contribution in [0.25, 0.3) is 10.9 Å². The number of carbonyl (C=O) groups excluding carboxylic acids is 1. The lowest BCUT2D eigenvalue weighted by Crippen LogP contribution is -2.51. The fraction of sp³-hybridized carbons (Fsp3) is 0.591. The Morgan fingerprint density at radius 1 is 1.27 bits per heavy atom. The van der Waals surface area contributed by atoms with Gasteiger partial charge < -0.3 is 9.64 Å². The van der Waals surface area contributed by atoms with Crippen molar-refractivity contribution >= 4 is 32.7 Å². The van der Waals surface area contributed by atoms with Crippen LogP contribution in [-0.4, -0.2) is 69.7 Å². The third-order valence-electron chi connectivity index (χ3n) is 6.01. The van der Waals surface area contributed by atoms with E-state index in [1.54, 1.807) is 17.0 Å². The molecule has 1 aromatic carbocycles. The number of halogens is 1. The summed E-state index contributed by atoms with van der Waals surface area (Å²) in [6, 6.07) is 5.71. The zero-order valence-corrected chi connectivity index (χ0v) is 19.2. The number of hydrogen-bond acceptors (Lipinski definition) is 5. The van der Waals surface area contributed by atoms with E-state index in [0.29, 0.717) is 23.9 Å². The van der Waals surface area contributed by atoms with Gasteiger partial charge >= 0.3 is 0 Å². The molecule has 2 saturated heterocycles. The Labute approximate surface area is 185 Å². The second-order valence-electron chi connectivity index (χ2n) is 8.51. The second-order valence-corrected chi connectivity index (χ2v) is 9.43. The summed E-state index contributed by atoms with van der Waals surface area (Å²) in [5.41, 5.74) is 0.558. The van der Waals surface area contributed by atoms with Gasteiger partial charge in [0.2, 0.25) is 5.91 Å². The van der Waals surface area contributed by atoms with Gasteiger partial charge in [-0.15, -0.1) is 0 Å². The van der Waals surface area contributed by atoms with E-state index in [9.17, 15) is 9.59 Å². The molecule has 162 valence electrons. The van der Waals surface area contributed by atoms with Gasteiger partial charge in [-0.25, -0.2) is 4.98 Å². The predicted octanol–water partition coefficient (Wildman–Crippen LogP) is 2.65. The fourth-order valence-corrected chi connectivity index (χ4v) is 5.10. The van der Waals surface area contributed by atoms with Gasteiger partial charge in [0.25, 0.3) is 5.56 Å². The number of morpholine rings is 1. The lowest BCUT2D eigenvalue weighted by molar-refractivity contribution is -0.133. The summed E-state index contributed by atoms with van der Waals surface area (Å²) in [6.07, 6.45) is 4.39. The first kappa shape index (κ1) is 21.5. The van der Waals surface area contributed by atoms with Crippen molar-refractivity contribution in [3.8, 4) is 0 Å². The molecular formula is C22H29BrN4O3. The van der Waals surface area contributed by atoms with Crippen LogP contribution in [0.4, 0.5) is 0 Å². The van der Waals surface area contributed by atoms with Crippen molar-refractivity contribution < 1.29 is 9.53 Å².